The lowest BCUT2D eigenvalue weighted by molar-refractivity contribution is -0.0690. The predicted molar refractivity (Wildman–Crippen MR) is 155 cm³/mol. The summed E-state index contributed by atoms with van der Waals surface area (Å²) in [5.41, 5.74) is 0.764. The molecule has 0 unspecified atom stereocenters. The van der Waals surface area contributed by atoms with Crippen molar-refractivity contribution in [3.05, 3.63) is 146 Å². The van der Waals surface area contributed by atoms with Crippen molar-refractivity contribution in [2.45, 2.75) is 17.9 Å². The molecule has 1 aromatic heterocycles. The average molecular weight is 559 g/mol. The van der Waals surface area contributed by atoms with Gasteiger partial charge in [0.25, 0.3) is 5.56 Å². The Morgan fingerprint density at radius 2 is 1.55 bits per heavy atom. The van der Waals surface area contributed by atoms with Crippen molar-refractivity contribution >= 4 is 11.8 Å². The standard InChI is InChI=1S/C31H30N2O6S/c1-37-25-14-12-24(13-15-25)31(22-8-4-2-5-9-22,23-10-6-3-7-11-23)38-21-26-20-27(40-19-18-34)29(39-26)33-17-16-28(35)32-30(33)36/h2-17,20,26,29,34H,18-19,21H2,1H3,(H,32,35,36)/t26-,29+/m0/s1. The molecule has 4 aromatic rings. The molecule has 40 heavy (non-hydrogen) atoms. The first-order valence-electron chi connectivity index (χ1n) is 12.9. The van der Waals surface area contributed by atoms with Gasteiger partial charge in [0.15, 0.2) is 6.23 Å². The van der Waals surface area contributed by atoms with E-state index >= 15 is 0 Å². The van der Waals surface area contributed by atoms with Crippen molar-refractivity contribution in [1.29, 1.82) is 0 Å². The van der Waals surface area contributed by atoms with Crippen LogP contribution in [-0.4, -0.2) is 46.8 Å². The molecule has 2 N–H and O–H groups in total. The highest BCUT2D eigenvalue weighted by Gasteiger charge is 2.39. The number of nitrogens with zero attached hydrogens (tertiary/aromatic N) is 1. The van der Waals surface area contributed by atoms with Crippen LogP contribution in [0.5, 0.6) is 5.75 Å². The van der Waals surface area contributed by atoms with Crippen LogP contribution in [0.15, 0.2) is 118 Å². The minimum Gasteiger partial charge on any atom is -0.497 e. The van der Waals surface area contributed by atoms with Crippen molar-refractivity contribution < 1.29 is 19.3 Å². The summed E-state index contributed by atoms with van der Waals surface area (Å²) < 4.78 is 20.0. The van der Waals surface area contributed by atoms with Gasteiger partial charge in [-0.15, -0.1) is 11.8 Å². The zero-order valence-corrected chi connectivity index (χ0v) is 22.8. The number of ether oxygens (including phenoxy) is 3. The number of aliphatic hydroxyl groups is 1. The third-order valence-corrected chi connectivity index (χ3v) is 7.74. The van der Waals surface area contributed by atoms with Gasteiger partial charge in [0.2, 0.25) is 0 Å². The van der Waals surface area contributed by atoms with E-state index in [-0.39, 0.29) is 13.2 Å². The van der Waals surface area contributed by atoms with Crippen LogP contribution in [0, 0.1) is 0 Å². The highest BCUT2D eigenvalue weighted by Crippen LogP contribution is 2.42. The highest BCUT2D eigenvalue weighted by atomic mass is 32.2. The largest absolute Gasteiger partial charge is 0.497 e. The van der Waals surface area contributed by atoms with Gasteiger partial charge in [0.1, 0.15) is 17.5 Å². The van der Waals surface area contributed by atoms with E-state index in [1.165, 1.54) is 28.6 Å². The maximum Gasteiger partial charge on any atom is 0.330 e. The lowest BCUT2D eigenvalue weighted by atomic mass is 9.80. The Kier molecular flexibility index (Phi) is 8.66. The molecule has 3 aromatic carbocycles. The fourth-order valence-corrected chi connectivity index (χ4v) is 5.74. The van der Waals surface area contributed by atoms with E-state index in [0.717, 1.165) is 27.3 Å². The van der Waals surface area contributed by atoms with E-state index in [1.54, 1.807) is 7.11 Å². The summed E-state index contributed by atoms with van der Waals surface area (Å²) in [5, 5.41) is 9.43. The maximum atomic E-state index is 12.6. The SMILES string of the molecule is COc1ccc(C(OC[C@@H]2C=C(SCCO)[C@H](n3ccc(=O)[nH]c3=O)O2)(c2ccccc2)c2ccccc2)cc1. The Labute approximate surface area is 235 Å². The minimum atomic E-state index is -0.975. The smallest absolute Gasteiger partial charge is 0.330 e. The van der Waals surface area contributed by atoms with Crippen LogP contribution in [0.1, 0.15) is 22.9 Å². The minimum absolute atomic E-state index is 0.0288. The van der Waals surface area contributed by atoms with Gasteiger partial charge in [0, 0.05) is 22.9 Å². The fourth-order valence-electron chi connectivity index (χ4n) is 4.85. The molecule has 0 aliphatic carbocycles. The van der Waals surface area contributed by atoms with Crippen molar-refractivity contribution in [3.8, 4) is 5.75 Å². The molecule has 0 saturated carbocycles. The molecule has 2 atom stereocenters. The first-order valence-corrected chi connectivity index (χ1v) is 13.9. The number of hydrogen-bond acceptors (Lipinski definition) is 7. The molecule has 206 valence electrons. The molecule has 0 radical (unpaired) electrons. The second kappa shape index (κ2) is 12.5. The summed E-state index contributed by atoms with van der Waals surface area (Å²) in [6.07, 6.45) is 2.07. The number of benzene rings is 3. The number of nitrogens with one attached hydrogen (secondary N) is 1. The molecule has 0 bridgehead atoms. The Bertz CT molecular complexity index is 1510. The molecule has 5 rings (SSSR count). The number of rotatable bonds is 11. The summed E-state index contributed by atoms with van der Waals surface area (Å²) in [5.74, 6) is 1.17. The van der Waals surface area contributed by atoms with Crippen molar-refractivity contribution in [2.24, 2.45) is 0 Å². The molecule has 1 aliphatic heterocycles. The van der Waals surface area contributed by atoms with Crippen molar-refractivity contribution in [1.82, 2.24) is 9.55 Å². The van der Waals surface area contributed by atoms with E-state index in [2.05, 4.69) is 4.98 Å². The molecule has 0 amide bonds. The van der Waals surface area contributed by atoms with Crippen LogP contribution < -0.4 is 16.0 Å². The third kappa shape index (κ3) is 5.68. The zero-order valence-electron chi connectivity index (χ0n) is 21.9. The van der Waals surface area contributed by atoms with Gasteiger partial charge in [-0.3, -0.25) is 14.3 Å². The normalized spacial score (nSPS) is 17.0. The molecule has 8 nitrogen and oxygen atoms in total. The summed E-state index contributed by atoms with van der Waals surface area (Å²) >= 11 is 1.40. The number of H-pyrrole nitrogens is 1. The molecule has 0 fully saturated rings. The quantitative estimate of drug-likeness (QED) is 0.268. The number of hydrogen-bond donors (Lipinski definition) is 2. The highest BCUT2D eigenvalue weighted by molar-refractivity contribution is 8.03. The third-order valence-electron chi connectivity index (χ3n) is 6.68. The average Bonchev–Trinajstić information content (AvgIpc) is 3.40. The van der Waals surface area contributed by atoms with Crippen LogP contribution in [-0.2, 0) is 15.1 Å². The summed E-state index contributed by atoms with van der Waals surface area (Å²) in [6, 6.07) is 29.1. The first-order chi connectivity index (χ1) is 19.5. The number of aromatic amines is 1. The summed E-state index contributed by atoms with van der Waals surface area (Å²) in [4.78, 5) is 27.3. The van der Waals surface area contributed by atoms with Crippen LogP contribution >= 0.6 is 11.8 Å². The number of thioether (sulfide) groups is 1. The Morgan fingerprint density at radius 3 is 2.12 bits per heavy atom. The number of aliphatic hydroxyl groups excluding tert-OH is 1. The van der Waals surface area contributed by atoms with Gasteiger partial charge < -0.3 is 19.3 Å². The summed E-state index contributed by atoms with van der Waals surface area (Å²) in [6.45, 7) is 0.132. The molecule has 0 spiro atoms. The van der Waals surface area contributed by atoms with Crippen LogP contribution in [0.25, 0.3) is 0 Å². The van der Waals surface area contributed by atoms with Gasteiger partial charge in [-0.1, -0.05) is 72.8 Å². The van der Waals surface area contributed by atoms with E-state index in [4.69, 9.17) is 14.2 Å². The van der Waals surface area contributed by atoms with Crippen molar-refractivity contribution in [3.63, 3.8) is 0 Å². The zero-order chi connectivity index (χ0) is 28.0. The number of methoxy groups -OCH3 is 1. The van der Waals surface area contributed by atoms with E-state index in [9.17, 15) is 14.7 Å². The molecule has 0 saturated heterocycles. The lowest BCUT2D eigenvalue weighted by Gasteiger charge is -2.36. The first kappa shape index (κ1) is 27.7. The maximum absolute atomic E-state index is 12.6. The summed E-state index contributed by atoms with van der Waals surface area (Å²) in [7, 11) is 1.63. The monoisotopic (exact) mass is 558 g/mol. The van der Waals surface area contributed by atoms with Gasteiger partial charge >= 0.3 is 5.69 Å². The van der Waals surface area contributed by atoms with Crippen molar-refractivity contribution in [2.75, 3.05) is 26.1 Å². The molecular formula is C31H30N2O6S. The molecule has 9 heteroatoms. The van der Waals surface area contributed by atoms with E-state index in [1.807, 2.05) is 91.0 Å². The molecular weight excluding hydrogens is 528 g/mol. The van der Waals surface area contributed by atoms with E-state index < -0.39 is 29.2 Å². The van der Waals surface area contributed by atoms with Gasteiger partial charge in [-0.25, -0.2) is 4.79 Å². The molecule has 2 heterocycles. The van der Waals surface area contributed by atoms with E-state index in [0.29, 0.717) is 5.75 Å². The lowest BCUT2D eigenvalue weighted by Crippen LogP contribution is -2.36. The van der Waals surface area contributed by atoms with Gasteiger partial charge in [-0.2, -0.15) is 0 Å². The van der Waals surface area contributed by atoms with Crippen LogP contribution in [0.3, 0.4) is 0 Å². The van der Waals surface area contributed by atoms with Gasteiger partial charge in [-0.05, 0) is 34.9 Å². The Balaban J connectivity index is 1.54. The van der Waals surface area contributed by atoms with Crippen LogP contribution in [0.4, 0.5) is 0 Å². The predicted octanol–water partition coefficient (Wildman–Crippen LogP) is 4.06. The second-order valence-electron chi connectivity index (χ2n) is 9.14. The van der Waals surface area contributed by atoms with Crippen LogP contribution in [0.2, 0.25) is 0 Å². The Morgan fingerprint density at radius 1 is 0.925 bits per heavy atom. The Hall–Kier alpha value is -3.89. The topological polar surface area (TPSA) is 103 Å². The fraction of sp³-hybridized carbons (Fsp3) is 0.226. The second-order valence-corrected chi connectivity index (χ2v) is 10.3. The number of aromatic nitrogens is 2. The molecule has 1 aliphatic rings. The van der Waals surface area contributed by atoms with Gasteiger partial charge in [0.05, 0.1) is 20.3 Å².